The largest absolute Gasteiger partial charge is 0.139 e. The first-order valence-electron chi connectivity index (χ1n) is 7.39. The average Bonchev–Trinajstić information content (AvgIpc) is 3.04. The molecule has 0 atom stereocenters. The van der Waals surface area contributed by atoms with E-state index < -0.39 is 0 Å². The highest BCUT2D eigenvalue weighted by Gasteiger charge is 2.11. The minimum absolute atomic E-state index is 0.980. The molecule has 2 aromatic heterocycles. The van der Waals surface area contributed by atoms with E-state index in [-0.39, 0.29) is 0 Å². The van der Waals surface area contributed by atoms with Crippen molar-refractivity contribution in [2.45, 2.75) is 26.7 Å². The van der Waals surface area contributed by atoms with E-state index in [1.807, 2.05) is 47.0 Å². The van der Waals surface area contributed by atoms with Crippen LogP contribution in [-0.2, 0) is 12.8 Å². The zero-order chi connectivity index (χ0) is 15.9. The second-order valence-electron chi connectivity index (χ2n) is 5.12. The Hall–Kier alpha value is -1.64. The molecule has 0 unspecified atom stereocenters. The molecule has 0 N–H and O–H groups in total. The second kappa shape index (κ2) is 8.11. The highest BCUT2D eigenvalue weighted by molar-refractivity contribution is 7.22. The maximum absolute atomic E-state index is 3.72. The van der Waals surface area contributed by atoms with Crippen LogP contribution in [0.15, 0.2) is 61.7 Å². The van der Waals surface area contributed by atoms with Gasteiger partial charge in [0.15, 0.2) is 0 Å². The Labute approximate surface area is 141 Å². The fourth-order valence-electron chi connectivity index (χ4n) is 2.27. The highest BCUT2D eigenvalue weighted by atomic mass is 32.1. The first kappa shape index (κ1) is 16.7. The van der Waals surface area contributed by atoms with Gasteiger partial charge in [0, 0.05) is 19.5 Å². The Kier molecular flexibility index (Phi) is 6.17. The van der Waals surface area contributed by atoms with E-state index in [1.54, 1.807) is 0 Å². The molecule has 0 spiro atoms. The molecule has 0 bridgehead atoms. The molecule has 2 heterocycles. The number of aryl methyl sites for hydroxylation is 2. The predicted octanol–water partition coefficient (Wildman–Crippen LogP) is 6.66. The average molecular weight is 327 g/mol. The highest BCUT2D eigenvalue weighted by Crippen LogP contribution is 2.37. The van der Waals surface area contributed by atoms with Gasteiger partial charge in [-0.3, -0.25) is 0 Å². The van der Waals surface area contributed by atoms with Crippen molar-refractivity contribution in [3.8, 4) is 9.75 Å². The van der Waals surface area contributed by atoms with Gasteiger partial charge in [-0.1, -0.05) is 49.6 Å². The standard InChI is InChI=1S/C20H22S2/c1-5-7-9-11-17-13-19(21-15(17)3)20-14-18(16(4)22-20)12-10-8-6-2/h5-10,13-14H,1-2,11-12H2,3-4H3/b9-7+,10-8+. The summed E-state index contributed by atoms with van der Waals surface area (Å²) >= 11 is 3.78. The summed E-state index contributed by atoms with van der Waals surface area (Å²) in [6.07, 6.45) is 14.0. The van der Waals surface area contributed by atoms with Crippen molar-refractivity contribution >= 4 is 22.7 Å². The molecule has 2 heteroatoms. The zero-order valence-electron chi connectivity index (χ0n) is 13.3. The van der Waals surface area contributed by atoms with E-state index in [1.165, 1.54) is 30.6 Å². The normalized spacial score (nSPS) is 11.5. The number of allylic oxidation sites excluding steroid dienone is 6. The third-order valence-corrected chi connectivity index (χ3v) is 5.89. The summed E-state index contributed by atoms with van der Waals surface area (Å²) in [7, 11) is 0. The van der Waals surface area contributed by atoms with Crippen molar-refractivity contribution in [1.29, 1.82) is 0 Å². The first-order valence-corrected chi connectivity index (χ1v) is 9.03. The molecule has 2 rings (SSSR count). The molecule has 0 aliphatic heterocycles. The molecule has 22 heavy (non-hydrogen) atoms. The van der Waals surface area contributed by atoms with Crippen molar-refractivity contribution in [3.05, 3.63) is 82.6 Å². The van der Waals surface area contributed by atoms with Crippen LogP contribution in [0.5, 0.6) is 0 Å². The number of rotatable bonds is 7. The zero-order valence-corrected chi connectivity index (χ0v) is 14.9. The van der Waals surface area contributed by atoms with Crippen molar-refractivity contribution in [3.63, 3.8) is 0 Å². The summed E-state index contributed by atoms with van der Waals surface area (Å²) < 4.78 is 0. The summed E-state index contributed by atoms with van der Waals surface area (Å²) in [4.78, 5) is 5.57. The number of hydrogen-bond acceptors (Lipinski definition) is 2. The van der Waals surface area contributed by atoms with Crippen molar-refractivity contribution in [1.82, 2.24) is 0 Å². The molecule has 0 fully saturated rings. The van der Waals surface area contributed by atoms with Gasteiger partial charge in [-0.2, -0.15) is 0 Å². The predicted molar refractivity (Wildman–Crippen MR) is 103 cm³/mol. The lowest BCUT2D eigenvalue weighted by molar-refractivity contribution is 1.26. The Morgan fingerprint density at radius 2 is 1.23 bits per heavy atom. The van der Waals surface area contributed by atoms with Gasteiger partial charge in [-0.05, 0) is 49.9 Å². The van der Waals surface area contributed by atoms with E-state index in [2.05, 4.69) is 51.3 Å². The monoisotopic (exact) mass is 326 g/mol. The van der Waals surface area contributed by atoms with Crippen LogP contribution in [0, 0.1) is 13.8 Å². The van der Waals surface area contributed by atoms with Gasteiger partial charge in [0.05, 0.1) is 0 Å². The Balaban J connectivity index is 2.21. The molecule has 0 amide bonds. The maximum Gasteiger partial charge on any atom is 0.0448 e. The summed E-state index contributed by atoms with van der Waals surface area (Å²) in [6.45, 7) is 11.8. The molecule has 0 aliphatic carbocycles. The number of hydrogen-bond donors (Lipinski definition) is 0. The van der Waals surface area contributed by atoms with Gasteiger partial charge >= 0.3 is 0 Å². The molecule has 0 aromatic carbocycles. The molecule has 0 radical (unpaired) electrons. The van der Waals surface area contributed by atoms with Crippen LogP contribution in [0.4, 0.5) is 0 Å². The van der Waals surface area contributed by atoms with Gasteiger partial charge in [0.2, 0.25) is 0 Å². The molecule has 2 aromatic rings. The van der Waals surface area contributed by atoms with Gasteiger partial charge in [-0.25, -0.2) is 0 Å². The minimum atomic E-state index is 0.980. The van der Waals surface area contributed by atoms with Crippen molar-refractivity contribution < 1.29 is 0 Å². The van der Waals surface area contributed by atoms with Crippen LogP contribution in [0.25, 0.3) is 9.75 Å². The second-order valence-corrected chi connectivity index (χ2v) is 7.63. The van der Waals surface area contributed by atoms with E-state index in [9.17, 15) is 0 Å². The third-order valence-electron chi connectivity index (χ3n) is 3.50. The van der Waals surface area contributed by atoms with E-state index in [0.29, 0.717) is 0 Å². The minimum Gasteiger partial charge on any atom is -0.139 e. The van der Waals surface area contributed by atoms with Crippen LogP contribution in [0.1, 0.15) is 20.9 Å². The SMILES string of the molecule is C=C/C=C/Cc1cc(-c2cc(C/C=C/C=C)c(C)s2)sc1C. The van der Waals surface area contributed by atoms with Crippen LogP contribution in [0.3, 0.4) is 0 Å². The molecule has 0 saturated carbocycles. The lowest BCUT2D eigenvalue weighted by Crippen LogP contribution is -1.78. The molecular weight excluding hydrogens is 304 g/mol. The van der Waals surface area contributed by atoms with Gasteiger partial charge < -0.3 is 0 Å². The third kappa shape index (κ3) is 4.19. The van der Waals surface area contributed by atoms with Crippen LogP contribution < -0.4 is 0 Å². The molecule has 114 valence electrons. The van der Waals surface area contributed by atoms with Gasteiger partial charge in [0.1, 0.15) is 0 Å². The van der Waals surface area contributed by atoms with Crippen molar-refractivity contribution in [2.24, 2.45) is 0 Å². The topological polar surface area (TPSA) is 0 Å². The Morgan fingerprint density at radius 3 is 1.59 bits per heavy atom. The smallest absolute Gasteiger partial charge is 0.0448 e. The molecule has 0 nitrogen and oxygen atoms in total. The van der Waals surface area contributed by atoms with E-state index >= 15 is 0 Å². The fourth-order valence-corrected chi connectivity index (χ4v) is 4.45. The summed E-state index contributed by atoms with van der Waals surface area (Å²) in [6, 6.07) is 4.67. The molecular formula is C20H22S2. The Bertz CT molecular complexity index is 646. The van der Waals surface area contributed by atoms with Crippen LogP contribution in [0.2, 0.25) is 0 Å². The van der Waals surface area contributed by atoms with Crippen LogP contribution in [-0.4, -0.2) is 0 Å². The first-order chi connectivity index (χ1) is 10.7. The van der Waals surface area contributed by atoms with Gasteiger partial charge in [-0.15, -0.1) is 22.7 Å². The Morgan fingerprint density at radius 1 is 0.818 bits per heavy atom. The lowest BCUT2D eigenvalue weighted by atomic mass is 10.1. The van der Waals surface area contributed by atoms with E-state index in [4.69, 9.17) is 0 Å². The quantitative estimate of drug-likeness (QED) is 0.499. The van der Waals surface area contributed by atoms with Crippen LogP contribution >= 0.6 is 22.7 Å². The summed E-state index contributed by atoms with van der Waals surface area (Å²) in [5.74, 6) is 0. The lowest BCUT2D eigenvalue weighted by Gasteiger charge is -1.91. The molecule has 0 saturated heterocycles. The summed E-state index contributed by atoms with van der Waals surface area (Å²) in [5.41, 5.74) is 2.83. The van der Waals surface area contributed by atoms with Crippen molar-refractivity contribution in [2.75, 3.05) is 0 Å². The fraction of sp³-hybridized carbons (Fsp3) is 0.200. The van der Waals surface area contributed by atoms with E-state index in [0.717, 1.165) is 12.8 Å². The number of thiophene rings is 2. The maximum atomic E-state index is 3.72. The van der Waals surface area contributed by atoms with Gasteiger partial charge in [0.25, 0.3) is 0 Å². The molecule has 0 aliphatic rings. The summed E-state index contributed by atoms with van der Waals surface area (Å²) in [5, 5.41) is 0.